The first kappa shape index (κ1) is 127. The van der Waals surface area contributed by atoms with Crippen LogP contribution >= 0.6 is 62.5 Å². The van der Waals surface area contributed by atoms with E-state index in [-0.39, 0.29) is 56.7 Å². The topological polar surface area (TPSA) is 358 Å². The first-order valence-corrected chi connectivity index (χ1v) is 56.6. The van der Waals surface area contributed by atoms with Gasteiger partial charge < -0.3 is 87.8 Å². The Labute approximate surface area is 773 Å². The number of amides is 4. The maximum Gasteiger partial charge on any atom is 0.396 e. The summed E-state index contributed by atoms with van der Waals surface area (Å²) in [5.41, 5.74) is 0. The Hall–Kier alpha value is -1.52. The maximum atomic E-state index is 12.1. The highest BCUT2D eigenvalue weighted by Crippen LogP contribution is 2.56. The molecule has 0 aromatic carbocycles. The lowest BCUT2D eigenvalue weighted by Crippen LogP contribution is -2.45. The average molecular weight is 1980 g/mol. The van der Waals surface area contributed by atoms with Gasteiger partial charge in [-0.15, -0.1) is 0 Å². The van der Waals surface area contributed by atoms with Crippen molar-refractivity contribution >= 4 is 86.1 Å². The quantitative estimate of drug-likeness (QED) is 0.00898. The summed E-state index contributed by atoms with van der Waals surface area (Å²) in [7, 11) is -0.565. The number of nitrogens with zero attached hydrogens (tertiary/aromatic N) is 1. The molecule has 0 radical (unpaired) electrons. The third-order valence-corrected chi connectivity index (χ3v) is 26.0. The third kappa shape index (κ3) is 92.3. The Bertz CT molecular complexity index is 2660. The van der Waals surface area contributed by atoms with Crippen molar-refractivity contribution in [1.82, 2.24) is 21.3 Å². The molecule has 0 bridgehead atoms. The monoisotopic (exact) mass is 1970 g/mol. The lowest BCUT2D eigenvalue weighted by Gasteiger charge is -2.29. The second kappa shape index (κ2) is 90.6. The lowest BCUT2D eigenvalue weighted by atomic mass is 10.0. The van der Waals surface area contributed by atoms with Crippen molar-refractivity contribution in [3.05, 3.63) is 48.6 Å². The van der Waals surface area contributed by atoms with E-state index in [4.69, 9.17) is 45.8 Å². The zero-order chi connectivity index (χ0) is 92.9. The Balaban J connectivity index is -0.00000154. The molecule has 26 nitrogen and oxygen atoms in total. The molecule has 2 rings (SSSR count). The number of hydrogen-bond donors (Lipinski definition) is 9. The lowest BCUT2D eigenvalue weighted by molar-refractivity contribution is -0.870. The molecule has 124 heavy (non-hydrogen) atoms. The summed E-state index contributed by atoms with van der Waals surface area (Å²) in [6, 6.07) is -2.70. The van der Waals surface area contributed by atoms with Crippen molar-refractivity contribution in [2.75, 3.05) is 106 Å². The van der Waals surface area contributed by atoms with E-state index >= 15 is 0 Å². The minimum Gasteiger partial charge on any atom is -0.756 e. The number of unbranched alkanes of at least 4 members (excludes halogenated alkanes) is 44. The predicted octanol–water partition coefficient (Wildman–Crippen LogP) is 21.8. The van der Waals surface area contributed by atoms with Crippen LogP contribution in [0.3, 0.4) is 0 Å². The number of phosphoric acid groups is 1. The van der Waals surface area contributed by atoms with Crippen molar-refractivity contribution in [3.63, 3.8) is 0 Å². The average Bonchev–Trinajstić information content (AvgIpc) is 0.944. The van der Waals surface area contributed by atoms with Crippen molar-refractivity contribution in [2.45, 2.75) is 412 Å². The number of carbonyl (C=O) groups excluding carboxylic acids is 4. The zero-order valence-electron chi connectivity index (χ0n) is 79.4. The van der Waals surface area contributed by atoms with Gasteiger partial charge in [0.1, 0.15) is 13.2 Å². The predicted molar refractivity (Wildman–Crippen MR) is 517 cm³/mol. The van der Waals surface area contributed by atoms with Crippen LogP contribution in [0.15, 0.2) is 48.6 Å². The largest absolute Gasteiger partial charge is 0.756 e. The van der Waals surface area contributed by atoms with Crippen LogP contribution in [0.1, 0.15) is 364 Å². The number of halogens is 2. The van der Waals surface area contributed by atoms with Crippen molar-refractivity contribution < 1.29 is 104 Å². The molecule has 2 unspecified atom stereocenters. The number of quaternary nitrogens is 1. The zero-order valence-corrected chi connectivity index (χ0v) is 86.2. The van der Waals surface area contributed by atoms with Crippen molar-refractivity contribution in [1.29, 1.82) is 0 Å². The molecular weight excluding hydrogens is 1790 g/mol. The molecule has 0 aliphatic carbocycles. The van der Waals surface area contributed by atoms with Crippen LogP contribution in [0.25, 0.3) is 0 Å². The SMILES string of the molecule is CCCCCCCCCCCCC/C=C/[C@@H](O)[C@H](CO)NC(C)=O.CCCCCCCCCCCCC/C=C/[C@@H](O)[C@H](COP(=O)(Br)OCCBr)NC(C)=O.CCCCCCCCCCCCC/C=C/[C@@H](O)[C@H](COP(=O)([O-])OCC[N+](C)(C)C)NC(C)=O.CCCCCCCCCCCCC/C=C/[C@@H](O)[C@H](COP1OCCO1)NC(C)=O.CP1OCCO1. The van der Waals surface area contributed by atoms with Crippen LogP contribution in [0.4, 0.5) is 0 Å². The summed E-state index contributed by atoms with van der Waals surface area (Å²) in [6.07, 6.45) is 68.6. The van der Waals surface area contributed by atoms with Crippen LogP contribution in [0.2, 0.25) is 0 Å². The Kier molecular flexibility index (Phi) is 92.5. The molecule has 32 heteroatoms. The summed E-state index contributed by atoms with van der Waals surface area (Å²) in [4.78, 5) is 57.2. The van der Waals surface area contributed by atoms with Gasteiger partial charge in [0.05, 0.1) is 129 Å². The van der Waals surface area contributed by atoms with E-state index in [1.807, 2.05) is 52.1 Å². The van der Waals surface area contributed by atoms with Crippen molar-refractivity contribution in [2.24, 2.45) is 0 Å². The maximum absolute atomic E-state index is 12.1. The van der Waals surface area contributed by atoms with Crippen molar-refractivity contribution in [3.8, 4) is 0 Å². The molecule has 0 spiro atoms. The molecule has 2 aliphatic heterocycles. The van der Waals surface area contributed by atoms with Gasteiger partial charge in [-0.05, 0) is 51.4 Å². The molecule has 4 amide bonds. The van der Waals surface area contributed by atoms with E-state index in [2.05, 4.69) is 80.4 Å². The molecule has 0 saturated carbocycles. The molecular formula is C92H181Br2N5O21P4. The summed E-state index contributed by atoms with van der Waals surface area (Å²) in [5.74, 6) is -1.11. The number of aliphatic hydroxyl groups excluding tert-OH is 5. The highest BCUT2D eigenvalue weighted by Gasteiger charge is 2.28. The highest BCUT2D eigenvalue weighted by molar-refractivity contribution is 9.39. The number of allylic oxidation sites excluding steroid dienone is 4. The fourth-order valence-electron chi connectivity index (χ4n) is 13.0. The number of hydrogen-bond acceptors (Lipinski definition) is 21. The molecule has 2 aliphatic rings. The van der Waals surface area contributed by atoms with Gasteiger partial charge in [-0.2, -0.15) is 0 Å². The van der Waals surface area contributed by atoms with E-state index in [0.29, 0.717) is 29.6 Å². The van der Waals surface area contributed by atoms with Gasteiger partial charge in [0.25, 0.3) is 7.82 Å². The smallest absolute Gasteiger partial charge is 0.396 e. The number of phosphoric ester groups is 1. The van der Waals surface area contributed by atoms with Gasteiger partial charge in [0, 0.05) is 55.2 Å². The van der Waals surface area contributed by atoms with Crippen LogP contribution in [0, 0.1) is 0 Å². The second-order valence-electron chi connectivity index (χ2n) is 33.5. The summed E-state index contributed by atoms with van der Waals surface area (Å²) < 4.78 is 70.8. The van der Waals surface area contributed by atoms with E-state index in [9.17, 15) is 53.6 Å². The first-order chi connectivity index (χ1) is 59.4. The molecule has 2 heterocycles. The second-order valence-corrected chi connectivity index (χ2v) is 42.3. The van der Waals surface area contributed by atoms with Gasteiger partial charge in [-0.25, -0.2) is 4.57 Å². The molecule has 9 N–H and O–H groups in total. The molecule has 0 aromatic heterocycles. The standard InChI is InChI=1S/C25H51N2O6P.C22H42Br2NO5P.C22H42NO5P.C20H39NO3.C3H7O2P/c1-6-7-8-9-10-11-12-13-14-15-16-17-18-19-25(29)24(26-23(2)28)22-33-34(30,31)32-21-20-27(3,4)5;1-3-4-5-6-7-8-9-10-11-12-13-14-15-16-22(27)21(25-20(2)26)19-30-31(24,28)29-18-17-23;1-3-4-5-6-7-8-9-10-11-12-13-14-15-16-22(25)21(23-20(2)24)19-28-29-26-17-18-27-29;1-3-4-5-6-7-8-9-10-11-12-13-14-15-16-20(24)19(17-22)21-18(2)23;1-6-4-2-3-5-6/h18-19,24-25,29H,6-17,20-22H2,1-5H3,(H-,26,28,30,31);15-16,21-22,27H,3-14,17-19H2,1-2H3,(H,25,26);15-16,21-22,25H,3-14,17-19H2,1-2H3,(H,23,24);15-16,19-20,22,24H,3-14,17H2,1-2H3,(H,21,23);2-3H2,1H3/b19-18+;3*16-15+;/t24-,25+;21-,22+,31?;21-,22+;19-,20+;/m0000./s1. The van der Waals surface area contributed by atoms with E-state index in [1.165, 1.54) is 278 Å². The number of nitrogens with one attached hydrogen (secondary N) is 4. The Morgan fingerprint density at radius 3 is 0.919 bits per heavy atom. The minimum absolute atomic E-state index is 0.00348. The van der Waals surface area contributed by atoms with Gasteiger partial charge in [0.2, 0.25) is 23.6 Å². The van der Waals surface area contributed by atoms with Gasteiger partial charge in [0.15, 0.2) is 8.38 Å². The van der Waals surface area contributed by atoms with Crippen LogP contribution in [-0.4, -0.2) is 208 Å². The summed E-state index contributed by atoms with van der Waals surface area (Å²) in [5, 5.41) is 61.1. The highest BCUT2D eigenvalue weighted by atomic mass is 79.9. The number of aliphatic hydroxyl groups is 5. The fourth-order valence-corrected chi connectivity index (χ4v) is 17.3. The third-order valence-electron chi connectivity index (χ3n) is 20.3. The normalized spacial score (nSPS) is 16.2. The number of alkyl halides is 1. The fraction of sp³-hybridized carbons (Fsp3) is 0.870. The number of rotatable bonds is 77. The summed E-state index contributed by atoms with van der Waals surface area (Å²) >= 11 is 6.10. The molecule has 2 saturated heterocycles. The summed E-state index contributed by atoms with van der Waals surface area (Å²) in [6.45, 7) is 19.2. The molecule has 10 atom stereocenters. The van der Waals surface area contributed by atoms with Crippen LogP contribution in [-0.2, 0) is 69.0 Å². The molecule has 734 valence electrons. The van der Waals surface area contributed by atoms with Crippen LogP contribution < -0.4 is 26.2 Å². The Morgan fingerprint density at radius 2 is 0.661 bits per heavy atom. The first-order valence-electron chi connectivity index (χ1n) is 47.7. The number of carbonyl (C=O) groups is 4. The van der Waals surface area contributed by atoms with Gasteiger partial charge >= 0.3 is 14.9 Å². The van der Waals surface area contributed by atoms with Crippen LogP contribution in [0.5, 0.6) is 0 Å². The van der Waals surface area contributed by atoms with Gasteiger partial charge in [-0.3, -0.25) is 32.8 Å². The van der Waals surface area contributed by atoms with Gasteiger partial charge in [-0.1, -0.05) is 349 Å². The molecule has 0 aromatic rings. The van der Waals surface area contributed by atoms with E-state index in [0.717, 1.165) is 71.0 Å². The van der Waals surface area contributed by atoms with E-state index in [1.54, 1.807) is 24.3 Å². The van der Waals surface area contributed by atoms with E-state index < -0.39 is 86.3 Å². The minimum atomic E-state index is -4.52. The molecule has 2 fully saturated rings. The Morgan fingerprint density at radius 1 is 0.403 bits per heavy atom. The number of likely N-dealkylation sites (N-methyl/N-ethyl adjacent to an activating group) is 1.